The average Bonchev–Trinajstić information content (AvgIpc) is 3.74. The van der Waals surface area contributed by atoms with Crippen LogP contribution in [0.4, 0.5) is 15.9 Å². The van der Waals surface area contributed by atoms with Gasteiger partial charge < -0.3 is 20.1 Å². The number of aromatic nitrogens is 5. The Morgan fingerprint density at radius 2 is 1.95 bits per heavy atom. The van der Waals surface area contributed by atoms with Crippen LogP contribution in [-0.4, -0.2) is 61.3 Å². The van der Waals surface area contributed by atoms with Crippen molar-refractivity contribution in [2.24, 2.45) is 0 Å². The molecule has 1 atom stereocenters. The molecule has 1 saturated heterocycles. The van der Waals surface area contributed by atoms with Crippen LogP contribution in [0.1, 0.15) is 32.8 Å². The minimum Gasteiger partial charge on any atom is -0.486 e. The Balaban J connectivity index is 1.28. The summed E-state index contributed by atoms with van der Waals surface area (Å²) in [6.45, 7) is 1.16. The van der Waals surface area contributed by atoms with Crippen molar-refractivity contribution < 1.29 is 28.7 Å². The summed E-state index contributed by atoms with van der Waals surface area (Å²) in [7, 11) is 0. The van der Waals surface area contributed by atoms with Crippen LogP contribution in [0, 0.1) is 5.82 Å². The second-order valence-corrected chi connectivity index (χ2v) is 10.2. The molecule has 13 nitrogen and oxygen atoms in total. The maximum absolute atomic E-state index is 13.7. The summed E-state index contributed by atoms with van der Waals surface area (Å²) in [6, 6.07) is 14.1. The molecule has 15 heteroatoms. The van der Waals surface area contributed by atoms with E-state index < -0.39 is 17.6 Å². The Morgan fingerprint density at radius 3 is 2.70 bits per heavy atom. The summed E-state index contributed by atoms with van der Waals surface area (Å²) in [5.41, 5.74) is 4.13. The molecule has 0 bridgehead atoms. The first kappa shape index (κ1) is 28.9. The highest BCUT2D eigenvalue weighted by Gasteiger charge is 2.22. The van der Waals surface area contributed by atoms with E-state index in [1.807, 2.05) is 0 Å². The number of amides is 2. The molecular weight excluding hydrogens is 595 g/mol. The lowest BCUT2D eigenvalue weighted by atomic mass is 10.1. The van der Waals surface area contributed by atoms with Gasteiger partial charge in [0.05, 0.1) is 29.9 Å². The fourth-order valence-electron chi connectivity index (χ4n) is 4.51. The number of carbonyl (C=O) groups excluding carboxylic acids is 2. The summed E-state index contributed by atoms with van der Waals surface area (Å²) in [4.78, 5) is 34.5. The fourth-order valence-corrected chi connectivity index (χ4v) is 4.69. The Kier molecular flexibility index (Phi) is 8.27. The molecule has 2 aromatic heterocycles. The molecule has 1 aliphatic heterocycles. The van der Waals surface area contributed by atoms with E-state index in [1.54, 1.807) is 29.7 Å². The van der Waals surface area contributed by atoms with E-state index in [1.165, 1.54) is 47.7 Å². The SMILES string of the molecule is O=C(NO)c1ccc(CNC(=O)c2cnn(-c3cc4c(Nc5ccc(F)c(Cl)c5)ncnc4cc3OC3CCOC3)n2)cc1. The van der Waals surface area contributed by atoms with Crippen molar-refractivity contribution in [2.45, 2.75) is 19.1 Å². The van der Waals surface area contributed by atoms with Gasteiger partial charge in [0.25, 0.3) is 11.8 Å². The molecule has 0 radical (unpaired) electrons. The van der Waals surface area contributed by atoms with Crippen LogP contribution in [0.5, 0.6) is 5.75 Å². The second kappa shape index (κ2) is 12.6. The van der Waals surface area contributed by atoms with Gasteiger partial charge in [0, 0.05) is 35.7 Å². The van der Waals surface area contributed by atoms with E-state index in [4.69, 9.17) is 26.3 Å². The number of nitrogens with one attached hydrogen (secondary N) is 3. The first-order valence-corrected chi connectivity index (χ1v) is 13.8. The molecule has 5 aromatic rings. The van der Waals surface area contributed by atoms with E-state index in [-0.39, 0.29) is 28.9 Å². The van der Waals surface area contributed by atoms with Crippen LogP contribution in [0.2, 0.25) is 5.02 Å². The highest BCUT2D eigenvalue weighted by molar-refractivity contribution is 6.31. The zero-order valence-corrected chi connectivity index (χ0v) is 23.6. The third-order valence-electron chi connectivity index (χ3n) is 6.79. The number of hydrogen-bond acceptors (Lipinski definition) is 10. The Hall–Kier alpha value is -5.18. The molecule has 0 aliphatic carbocycles. The molecular formula is C29H24ClFN8O5. The predicted octanol–water partition coefficient (Wildman–Crippen LogP) is 3.96. The Morgan fingerprint density at radius 1 is 1.11 bits per heavy atom. The summed E-state index contributed by atoms with van der Waals surface area (Å²) in [5.74, 6) is -0.803. The normalized spacial score (nSPS) is 14.4. The molecule has 1 aliphatic rings. The van der Waals surface area contributed by atoms with Gasteiger partial charge in [0.15, 0.2) is 5.69 Å². The molecule has 2 amide bonds. The van der Waals surface area contributed by atoms with Gasteiger partial charge in [-0.15, -0.1) is 9.90 Å². The van der Waals surface area contributed by atoms with Gasteiger partial charge in [-0.05, 0) is 42.0 Å². The quantitative estimate of drug-likeness (QED) is 0.140. The zero-order chi connectivity index (χ0) is 30.6. The summed E-state index contributed by atoms with van der Waals surface area (Å²) < 4.78 is 25.4. The third kappa shape index (κ3) is 6.27. The van der Waals surface area contributed by atoms with Crippen molar-refractivity contribution in [3.63, 3.8) is 0 Å². The number of carbonyl (C=O) groups is 2. The van der Waals surface area contributed by atoms with Gasteiger partial charge in [0.2, 0.25) is 0 Å². The number of halogens is 2. The summed E-state index contributed by atoms with van der Waals surface area (Å²) >= 11 is 5.96. The Labute approximate surface area is 253 Å². The van der Waals surface area contributed by atoms with E-state index in [2.05, 4.69) is 30.8 Å². The van der Waals surface area contributed by atoms with E-state index >= 15 is 0 Å². The molecule has 3 heterocycles. The summed E-state index contributed by atoms with van der Waals surface area (Å²) in [6.07, 6.45) is 3.23. The third-order valence-corrected chi connectivity index (χ3v) is 7.08. The first-order chi connectivity index (χ1) is 21.4. The number of rotatable bonds is 9. The van der Waals surface area contributed by atoms with Gasteiger partial charge in [-0.25, -0.2) is 19.8 Å². The number of hydrogen-bond donors (Lipinski definition) is 4. The number of benzene rings is 3. The van der Waals surface area contributed by atoms with Gasteiger partial charge in [-0.2, -0.15) is 5.10 Å². The minimum atomic E-state index is -0.635. The van der Waals surface area contributed by atoms with Crippen molar-refractivity contribution >= 4 is 45.8 Å². The van der Waals surface area contributed by atoms with Crippen LogP contribution < -0.4 is 20.9 Å². The number of anilines is 2. The van der Waals surface area contributed by atoms with Crippen molar-refractivity contribution in [1.29, 1.82) is 0 Å². The topological polar surface area (TPSA) is 165 Å². The minimum absolute atomic E-state index is 0.0406. The maximum atomic E-state index is 13.7. The van der Waals surface area contributed by atoms with Crippen molar-refractivity contribution in [3.8, 4) is 11.4 Å². The van der Waals surface area contributed by atoms with Crippen LogP contribution in [-0.2, 0) is 11.3 Å². The van der Waals surface area contributed by atoms with Gasteiger partial charge >= 0.3 is 0 Å². The lowest BCUT2D eigenvalue weighted by Gasteiger charge is -2.17. The fraction of sp³-hybridized carbons (Fsp3) is 0.172. The molecule has 1 unspecified atom stereocenters. The lowest BCUT2D eigenvalue weighted by molar-refractivity contribution is 0.0706. The molecule has 0 saturated carbocycles. The largest absolute Gasteiger partial charge is 0.486 e. The smallest absolute Gasteiger partial charge is 0.274 e. The van der Waals surface area contributed by atoms with Crippen LogP contribution in [0.3, 0.4) is 0 Å². The van der Waals surface area contributed by atoms with Crippen molar-refractivity contribution in [1.82, 2.24) is 35.8 Å². The van der Waals surface area contributed by atoms with E-state index in [0.717, 1.165) is 5.56 Å². The number of ether oxygens (including phenoxy) is 2. The molecule has 0 spiro atoms. The van der Waals surface area contributed by atoms with Crippen LogP contribution >= 0.6 is 11.6 Å². The number of nitrogens with zero attached hydrogens (tertiary/aromatic N) is 5. The van der Waals surface area contributed by atoms with Crippen LogP contribution in [0.25, 0.3) is 16.6 Å². The summed E-state index contributed by atoms with van der Waals surface area (Å²) in [5, 5.41) is 23.9. The molecule has 1 fully saturated rings. The Bertz CT molecular complexity index is 1850. The highest BCUT2D eigenvalue weighted by Crippen LogP contribution is 2.33. The van der Waals surface area contributed by atoms with E-state index in [9.17, 15) is 14.0 Å². The molecule has 3 aromatic carbocycles. The maximum Gasteiger partial charge on any atom is 0.274 e. The average molecular weight is 619 g/mol. The van der Waals surface area contributed by atoms with Gasteiger partial charge in [-0.3, -0.25) is 14.8 Å². The lowest BCUT2D eigenvalue weighted by Crippen LogP contribution is -2.23. The number of hydroxylamine groups is 1. The molecule has 224 valence electrons. The second-order valence-electron chi connectivity index (χ2n) is 9.76. The number of fused-ring (bicyclic) bond motifs is 1. The van der Waals surface area contributed by atoms with Crippen LogP contribution in [0.15, 0.2) is 67.1 Å². The molecule has 44 heavy (non-hydrogen) atoms. The zero-order valence-electron chi connectivity index (χ0n) is 22.8. The molecule has 4 N–H and O–H groups in total. The standard InChI is InChI=1S/C29H24ClFN8O5/c30-21-9-18(5-6-22(21)31)36-27-20-10-25(26(11-23(20)33-15-34-27)44-19-7-8-43-14-19)39-35-13-24(37-39)29(41)32-12-16-1-3-17(4-2-16)28(40)38-42/h1-6,9-11,13,15,19,42H,7-8,12,14H2,(H,32,41)(H,38,40)(H,33,34,36). The van der Waals surface area contributed by atoms with Crippen molar-refractivity contribution in [2.75, 3.05) is 18.5 Å². The first-order valence-electron chi connectivity index (χ1n) is 13.4. The van der Waals surface area contributed by atoms with Crippen molar-refractivity contribution in [3.05, 3.63) is 94.8 Å². The highest BCUT2D eigenvalue weighted by atomic mass is 35.5. The van der Waals surface area contributed by atoms with Gasteiger partial charge in [-0.1, -0.05) is 23.7 Å². The van der Waals surface area contributed by atoms with Gasteiger partial charge in [0.1, 0.15) is 35.5 Å². The predicted molar refractivity (Wildman–Crippen MR) is 156 cm³/mol. The monoisotopic (exact) mass is 618 g/mol. The molecule has 6 rings (SSSR count). The van der Waals surface area contributed by atoms with E-state index in [0.29, 0.717) is 53.5 Å².